The van der Waals surface area contributed by atoms with Crippen LogP contribution in [0.5, 0.6) is 0 Å². The van der Waals surface area contributed by atoms with E-state index in [4.69, 9.17) is 0 Å². The predicted molar refractivity (Wildman–Crippen MR) is 76.6 cm³/mol. The summed E-state index contributed by atoms with van der Waals surface area (Å²) in [4.78, 5) is 0. The Kier molecular flexibility index (Phi) is 5.28. The maximum absolute atomic E-state index is 2.20. The number of allylic oxidation sites excluding steroid dienone is 1. The van der Waals surface area contributed by atoms with Crippen molar-refractivity contribution in [3.63, 3.8) is 0 Å². The summed E-state index contributed by atoms with van der Waals surface area (Å²) in [5.74, 6) is 0. The Morgan fingerprint density at radius 1 is 1.00 bits per heavy atom. The number of hydrogen-bond acceptors (Lipinski definition) is 0. The van der Waals surface area contributed by atoms with E-state index in [0.717, 1.165) is 0 Å². The van der Waals surface area contributed by atoms with Gasteiger partial charge in [0.05, 0.1) is 0 Å². The molecule has 0 fully saturated rings. The molecular weight excluding hydrogens is 206 g/mol. The van der Waals surface area contributed by atoms with Crippen LogP contribution in [0.25, 0.3) is 11.8 Å². The number of hydrogen-bond donors (Lipinski definition) is 0. The molecule has 0 radical (unpaired) electrons. The molecule has 0 unspecified atom stereocenters. The standard InChI is InChI=1S/C14H15N.C2H6/c1-3-7-14-12(2)10-11-15(14)13-8-5-4-6-9-13;1-2/h3-11H,1-2H3;1-2H3/b7-3-;. The third-order valence-corrected chi connectivity index (χ3v) is 2.50. The largest absolute Gasteiger partial charge is 0.317 e. The molecule has 0 N–H and O–H groups in total. The summed E-state index contributed by atoms with van der Waals surface area (Å²) in [6.45, 7) is 8.18. The van der Waals surface area contributed by atoms with Crippen molar-refractivity contribution in [2.75, 3.05) is 0 Å². The average Bonchev–Trinajstić information content (AvgIpc) is 2.75. The van der Waals surface area contributed by atoms with Crippen LogP contribution >= 0.6 is 0 Å². The topological polar surface area (TPSA) is 4.93 Å². The molecule has 1 aromatic heterocycles. The highest BCUT2D eigenvalue weighted by molar-refractivity contribution is 5.54. The van der Waals surface area contributed by atoms with Gasteiger partial charge in [-0.1, -0.05) is 38.1 Å². The van der Waals surface area contributed by atoms with Crippen LogP contribution in [0.2, 0.25) is 0 Å². The van der Waals surface area contributed by atoms with Crippen molar-refractivity contribution in [2.24, 2.45) is 0 Å². The maximum Gasteiger partial charge on any atom is 0.0481 e. The first kappa shape index (κ1) is 13.3. The van der Waals surface area contributed by atoms with Gasteiger partial charge in [0.2, 0.25) is 0 Å². The van der Waals surface area contributed by atoms with Crippen molar-refractivity contribution >= 4 is 6.08 Å². The molecule has 1 aromatic carbocycles. The highest BCUT2D eigenvalue weighted by atomic mass is 15.0. The lowest BCUT2D eigenvalue weighted by Crippen LogP contribution is -1.94. The van der Waals surface area contributed by atoms with E-state index in [1.165, 1.54) is 16.9 Å². The van der Waals surface area contributed by atoms with E-state index in [0.29, 0.717) is 0 Å². The first-order valence-electron chi connectivity index (χ1n) is 6.19. The molecular formula is C16H21N. The molecule has 0 saturated heterocycles. The van der Waals surface area contributed by atoms with Crippen LogP contribution in [0.1, 0.15) is 32.0 Å². The van der Waals surface area contributed by atoms with Crippen molar-refractivity contribution in [3.05, 3.63) is 59.9 Å². The summed E-state index contributed by atoms with van der Waals surface area (Å²) < 4.78 is 2.20. The molecule has 0 amide bonds. The Morgan fingerprint density at radius 3 is 2.24 bits per heavy atom. The van der Waals surface area contributed by atoms with E-state index >= 15 is 0 Å². The van der Waals surface area contributed by atoms with Gasteiger partial charge >= 0.3 is 0 Å². The fourth-order valence-corrected chi connectivity index (χ4v) is 1.73. The SMILES string of the molecule is C/C=C\c1c(C)ccn1-c1ccccc1.CC. The van der Waals surface area contributed by atoms with Crippen molar-refractivity contribution in [1.82, 2.24) is 4.57 Å². The number of benzene rings is 1. The Morgan fingerprint density at radius 2 is 1.65 bits per heavy atom. The summed E-state index contributed by atoms with van der Waals surface area (Å²) in [6.07, 6.45) is 6.32. The molecule has 17 heavy (non-hydrogen) atoms. The van der Waals surface area contributed by atoms with Crippen molar-refractivity contribution in [2.45, 2.75) is 27.7 Å². The summed E-state index contributed by atoms with van der Waals surface area (Å²) in [5.41, 5.74) is 3.76. The van der Waals surface area contributed by atoms with Gasteiger partial charge in [0.15, 0.2) is 0 Å². The fraction of sp³-hybridized carbons (Fsp3) is 0.250. The minimum Gasteiger partial charge on any atom is -0.317 e. The summed E-state index contributed by atoms with van der Waals surface area (Å²) in [6, 6.07) is 12.5. The smallest absolute Gasteiger partial charge is 0.0481 e. The zero-order valence-corrected chi connectivity index (χ0v) is 11.1. The first-order valence-corrected chi connectivity index (χ1v) is 6.19. The molecule has 0 aliphatic rings. The Bertz CT molecular complexity index is 464. The molecule has 0 aliphatic carbocycles. The number of rotatable bonds is 2. The molecule has 0 bridgehead atoms. The molecule has 2 aromatic rings. The highest BCUT2D eigenvalue weighted by Crippen LogP contribution is 2.17. The molecule has 1 heterocycles. The van der Waals surface area contributed by atoms with E-state index in [9.17, 15) is 0 Å². The second kappa shape index (κ2) is 6.74. The summed E-state index contributed by atoms with van der Waals surface area (Å²) in [7, 11) is 0. The number of aryl methyl sites for hydroxylation is 1. The van der Waals surface area contributed by atoms with Crippen LogP contribution in [0, 0.1) is 6.92 Å². The summed E-state index contributed by atoms with van der Waals surface area (Å²) in [5, 5.41) is 0. The van der Waals surface area contributed by atoms with Gasteiger partial charge in [-0.25, -0.2) is 0 Å². The van der Waals surface area contributed by atoms with Gasteiger partial charge in [0.1, 0.15) is 0 Å². The van der Waals surface area contributed by atoms with Crippen LogP contribution in [-0.4, -0.2) is 4.57 Å². The van der Waals surface area contributed by atoms with Gasteiger partial charge in [-0.3, -0.25) is 0 Å². The molecule has 0 saturated carbocycles. The van der Waals surface area contributed by atoms with Gasteiger partial charge in [0, 0.05) is 17.6 Å². The number of aromatic nitrogens is 1. The van der Waals surface area contributed by atoms with Gasteiger partial charge in [-0.15, -0.1) is 0 Å². The fourth-order valence-electron chi connectivity index (χ4n) is 1.73. The van der Waals surface area contributed by atoms with E-state index in [2.05, 4.69) is 60.2 Å². The quantitative estimate of drug-likeness (QED) is 0.691. The van der Waals surface area contributed by atoms with Crippen molar-refractivity contribution in [3.8, 4) is 5.69 Å². The molecule has 0 spiro atoms. The first-order chi connectivity index (χ1) is 8.33. The monoisotopic (exact) mass is 227 g/mol. The lowest BCUT2D eigenvalue weighted by Gasteiger charge is -2.06. The minimum atomic E-state index is 1.21. The lowest BCUT2D eigenvalue weighted by molar-refractivity contribution is 1.06. The lowest BCUT2D eigenvalue weighted by atomic mass is 10.2. The molecule has 2 rings (SSSR count). The Labute approximate surface area is 104 Å². The zero-order chi connectivity index (χ0) is 12.7. The van der Waals surface area contributed by atoms with Gasteiger partial charge < -0.3 is 4.57 Å². The number of nitrogens with zero attached hydrogens (tertiary/aromatic N) is 1. The minimum absolute atomic E-state index is 1.21. The Hall–Kier alpha value is -1.76. The van der Waals surface area contributed by atoms with Crippen molar-refractivity contribution in [1.29, 1.82) is 0 Å². The van der Waals surface area contributed by atoms with E-state index in [1.807, 2.05) is 26.8 Å². The van der Waals surface area contributed by atoms with Gasteiger partial charge in [0.25, 0.3) is 0 Å². The van der Waals surface area contributed by atoms with E-state index in [1.54, 1.807) is 0 Å². The van der Waals surface area contributed by atoms with E-state index < -0.39 is 0 Å². The zero-order valence-electron chi connectivity index (χ0n) is 11.1. The second-order valence-corrected chi connectivity index (χ2v) is 3.59. The van der Waals surface area contributed by atoms with Crippen LogP contribution < -0.4 is 0 Å². The van der Waals surface area contributed by atoms with E-state index in [-0.39, 0.29) is 0 Å². The predicted octanol–water partition coefficient (Wildman–Crippen LogP) is 4.85. The molecule has 1 nitrogen and oxygen atoms in total. The highest BCUT2D eigenvalue weighted by Gasteiger charge is 2.03. The van der Waals surface area contributed by atoms with Crippen LogP contribution in [0.4, 0.5) is 0 Å². The third kappa shape index (κ3) is 3.10. The van der Waals surface area contributed by atoms with Crippen LogP contribution in [-0.2, 0) is 0 Å². The van der Waals surface area contributed by atoms with Gasteiger partial charge in [-0.2, -0.15) is 0 Å². The maximum atomic E-state index is 2.20. The molecule has 0 aliphatic heterocycles. The normalized spacial score (nSPS) is 10.1. The molecule has 90 valence electrons. The molecule has 0 atom stereocenters. The number of para-hydroxylation sites is 1. The average molecular weight is 227 g/mol. The van der Waals surface area contributed by atoms with Crippen molar-refractivity contribution < 1.29 is 0 Å². The second-order valence-electron chi connectivity index (χ2n) is 3.59. The van der Waals surface area contributed by atoms with Gasteiger partial charge in [-0.05, 0) is 43.7 Å². The van der Waals surface area contributed by atoms with Crippen LogP contribution in [0.3, 0.4) is 0 Å². The molecule has 1 heteroatoms. The summed E-state index contributed by atoms with van der Waals surface area (Å²) >= 11 is 0. The Balaban J connectivity index is 0.000000686. The third-order valence-electron chi connectivity index (χ3n) is 2.50. The van der Waals surface area contributed by atoms with Crippen LogP contribution in [0.15, 0.2) is 48.7 Å².